The molecule has 4 aliphatic rings. The topological polar surface area (TPSA) is 192 Å². The van der Waals surface area contributed by atoms with Crippen molar-refractivity contribution < 1.29 is 42.2 Å². The number of pyridine rings is 1. The monoisotopic (exact) mass is 1030 g/mol. The molecule has 4 saturated heterocycles. The summed E-state index contributed by atoms with van der Waals surface area (Å²) in [5, 5.41) is 15.9. The summed E-state index contributed by atoms with van der Waals surface area (Å²) in [5.41, 5.74) is 2.34. The summed E-state index contributed by atoms with van der Waals surface area (Å²) < 4.78 is 47.1. The van der Waals surface area contributed by atoms with Gasteiger partial charge in [0, 0.05) is 85.3 Å². The van der Waals surface area contributed by atoms with E-state index in [0.717, 1.165) is 43.5 Å². The fourth-order valence-electron chi connectivity index (χ4n) is 10.1. The summed E-state index contributed by atoms with van der Waals surface area (Å²) in [4.78, 5) is 65.1. The number of hydrogen-bond acceptors (Lipinski definition) is 13. The summed E-state index contributed by atoms with van der Waals surface area (Å²) in [6, 6.07) is 17.2. The molecule has 16 nitrogen and oxygen atoms in total. The van der Waals surface area contributed by atoms with Crippen LogP contribution in [0.2, 0.25) is 0 Å². The fraction of sp³-hybridized carbons (Fsp3) is 0.474. The van der Waals surface area contributed by atoms with Crippen LogP contribution in [0, 0.1) is 60.0 Å². The molecule has 2 aromatic heterocycles. The number of imide groups is 1. The maximum atomic E-state index is 16.1. The van der Waals surface area contributed by atoms with Crippen LogP contribution in [0.4, 0.5) is 25.1 Å². The van der Waals surface area contributed by atoms with Crippen molar-refractivity contribution in [2.75, 3.05) is 63.4 Å². The maximum Gasteiger partial charge on any atom is 0.407 e. The van der Waals surface area contributed by atoms with Crippen LogP contribution in [-0.4, -0.2) is 109 Å². The summed E-state index contributed by atoms with van der Waals surface area (Å²) in [7, 11) is 3.22. The number of alkyl carbamates (subject to hydrolysis) is 1. The lowest BCUT2D eigenvalue weighted by molar-refractivity contribution is -0.135. The van der Waals surface area contributed by atoms with E-state index in [4.69, 9.17) is 20.6 Å². The van der Waals surface area contributed by atoms with Gasteiger partial charge in [-0.05, 0) is 94.3 Å². The lowest BCUT2D eigenvalue weighted by Gasteiger charge is -2.23. The number of anilines is 2. The zero-order valence-electron chi connectivity index (χ0n) is 43.7. The van der Waals surface area contributed by atoms with Gasteiger partial charge >= 0.3 is 12.1 Å². The Bertz CT molecular complexity index is 2980. The Hall–Kier alpha value is -7.44. The molecule has 2 N–H and O–H groups in total. The summed E-state index contributed by atoms with van der Waals surface area (Å²) in [6.07, 6.45) is 15.9. The predicted octanol–water partition coefficient (Wildman–Crippen LogP) is 9.04. The van der Waals surface area contributed by atoms with E-state index >= 15 is 4.39 Å². The minimum atomic E-state index is -0.672. The number of ether oxygens (including phenoxy) is 3. The number of benzene rings is 3. The van der Waals surface area contributed by atoms with Crippen molar-refractivity contribution in [2.24, 2.45) is 17.8 Å². The third-order valence-electron chi connectivity index (χ3n) is 14.6. The zero-order valence-corrected chi connectivity index (χ0v) is 43.7. The van der Waals surface area contributed by atoms with Crippen molar-refractivity contribution in [3.8, 4) is 41.4 Å². The standard InChI is InChI=1S/C27H21F2N5O.C24H37N3O4.C6H9NO2/c1-3-18-21(28)10-9-17-7-4-8-19(22(17)18)24-23(29)25-20(15-31-24)26(33-27(32-25)35-2)34-12-5-6-16(14-30)11-13-34;1-5-17(2)23(28)26(4)22-15-21(11-8-18(22)3)30-14-12-25-24(29)31-16-20-10-9-19-7-6-13-27(19)20;1-4-2-3-5(8)7-6(4)9/h1,4,7-10,15-16H,5-6,11-13H2,2H3;8,11,15,17,19-20H,5-7,9-10,12-14,16H2,1-4H3,(H,25,29);4H,2-3H2,1H3,(H,7,8,9). The van der Waals surface area contributed by atoms with Gasteiger partial charge in [0.2, 0.25) is 17.7 Å². The number of hydrogen-bond donors (Lipinski definition) is 2. The van der Waals surface area contributed by atoms with Crippen LogP contribution in [0.25, 0.3) is 32.9 Å². The molecule has 3 aromatic carbocycles. The molecule has 0 radical (unpaired) electrons. The molecule has 0 bridgehead atoms. The Labute approximate surface area is 437 Å². The molecule has 5 unspecified atom stereocenters. The van der Waals surface area contributed by atoms with E-state index in [1.165, 1.54) is 38.6 Å². The molecular formula is C57H67F2N9O7. The summed E-state index contributed by atoms with van der Waals surface area (Å²) in [6.45, 7) is 11.3. The van der Waals surface area contributed by atoms with Gasteiger partial charge in [-0.25, -0.2) is 13.6 Å². The van der Waals surface area contributed by atoms with Gasteiger partial charge < -0.3 is 29.3 Å². The van der Waals surface area contributed by atoms with Gasteiger partial charge in [-0.3, -0.25) is 29.6 Å². The van der Waals surface area contributed by atoms with Crippen LogP contribution < -0.4 is 29.9 Å². The molecule has 75 heavy (non-hydrogen) atoms. The minimum absolute atomic E-state index is 0.0114. The molecule has 4 amide bonds. The highest BCUT2D eigenvalue weighted by Crippen LogP contribution is 2.38. The van der Waals surface area contributed by atoms with Gasteiger partial charge in [-0.1, -0.05) is 57.0 Å². The fourth-order valence-corrected chi connectivity index (χ4v) is 10.1. The lowest BCUT2D eigenvalue weighted by atomic mass is 9.96. The zero-order chi connectivity index (χ0) is 53.8. The molecule has 4 fully saturated rings. The van der Waals surface area contributed by atoms with E-state index in [2.05, 4.69) is 42.5 Å². The van der Waals surface area contributed by atoms with Crippen molar-refractivity contribution in [1.29, 1.82) is 5.26 Å². The highest BCUT2D eigenvalue weighted by Gasteiger charge is 2.37. The Morgan fingerprint density at radius 3 is 2.56 bits per heavy atom. The number of rotatable bonds is 12. The second kappa shape index (κ2) is 25.7. The van der Waals surface area contributed by atoms with E-state index in [0.29, 0.717) is 97.5 Å². The Morgan fingerprint density at radius 1 is 1.03 bits per heavy atom. The normalized spacial score (nSPS) is 19.7. The second-order valence-corrected chi connectivity index (χ2v) is 19.6. The third kappa shape index (κ3) is 13.3. The van der Waals surface area contributed by atoms with Gasteiger partial charge in [0.25, 0.3) is 0 Å². The largest absolute Gasteiger partial charge is 0.492 e. The summed E-state index contributed by atoms with van der Waals surface area (Å²) >= 11 is 0. The number of terminal acetylenes is 1. The molecule has 5 atom stereocenters. The van der Waals surface area contributed by atoms with Gasteiger partial charge in [0.1, 0.15) is 41.8 Å². The Morgan fingerprint density at radius 2 is 1.83 bits per heavy atom. The van der Waals surface area contributed by atoms with Crippen molar-refractivity contribution in [3.05, 3.63) is 77.5 Å². The number of piperidine rings is 1. The molecule has 0 saturated carbocycles. The number of amides is 4. The van der Waals surface area contributed by atoms with Gasteiger partial charge in [-0.2, -0.15) is 15.2 Å². The Kier molecular flexibility index (Phi) is 18.9. The van der Waals surface area contributed by atoms with Crippen molar-refractivity contribution in [3.63, 3.8) is 0 Å². The molecule has 6 heterocycles. The number of nitriles is 1. The van der Waals surface area contributed by atoms with E-state index in [-0.39, 0.29) is 58.3 Å². The molecule has 9 rings (SSSR count). The van der Waals surface area contributed by atoms with E-state index in [1.807, 2.05) is 50.8 Å². The van der Waals surface area contributed by atoms with Crippen LogP contribution in [0.1, 0.15) is 96.1 Å². The summed E-state index contributed by atoms with van der Waals surface area (Å²) in [5.74, 6) is 2.13. The quantitative estimate of drug-likeness (QED) is 0.0684. The average molecular weight is 1030 g/mol. The molecule has 5 aromatic rings. The van der Waals surface area contributed by atoms with Crippen molar-refractivity contribution in [1.82, 2.24) is 30.5 Å². The highest BCUT2D eigenvalue weighted by molar-refractivity contribution is 6.02. The Balaban J connectivity index is 0.000000188. The molecule has 0 aliphatic carbocycles. The van der Waals surface area contributed by atoms with Gasteiger partial charge in [0.15, 0.2) is 5.82 Å². The first-order valence-electron chi connectivity index (χ1n) is 25.9. The van der Waals surface area contributed by atoms with Crippen molar-refractivity contribution >= 4 is 57.0 Å². The second-order valence-electron chi connectivity index (χ2n) is 19.6. The number of aryl methyl sites for hydroxylation is 1. The average Bonchev–Trinajstić information content (AvgIpc) is 3.97. The van der Waals surface area contributed by atoms with Crippen LogP contribution in [0.15, 0.2) is 54.7 Å². The lowest BCUT2D eigenvalue weighted by Crippen LogP contribution is -2.39. The van der Waals surface area contributed by atoms with E-state index in [9.17, 15) is 28.8 Å². The minimum Gasteiger partial charge on any atom is -0.492 e. The molecule has 396 valence electrons. The van der Waals surface area contributed by atoms with Gasteiger partial charge in [0.05, 0.1) is 30.7 Å². The first kappa shape index (κ1) is 55.3. The van der Waals surface area contributed by atoms with Crippen LogP contribution in [0.3, 0.4) is 0 Å². The SMILES string of the molecule is C#Cc1c(F)ccc2cccc(-c3ncc4c(N5CCCC(C#N)CC5)nc(OC)nc4c3F)c12.CC1CCC(=O)NC1=O.CCC(C)C(=O)N(C)c1cc(OCCNC(=O)OCC2CCC3CCCN32)ccc1C. The first-order chi connectivity index (χ1) is 36.1. The maximum absolute atomic E-state index is 16.1. The molecule has 18 heteroatoms. The smallest absolute Gasteiger partial charge is 0.407 e. The molecular weight excluding hydrogens is 961 g/mol. The third-order valence-corrected chi connectivity index (χ3v) is 14.6. The number of fused-ring (bicyclic) bond motifs is 3. The number of carbonyl (C=O) groups excluding carboxylic acids is 4. The van der Waals surface area contributed by atoms with Crippen LogP contribution in [-0.2, 0) is 19.1 Å². The predicted molar refractivity (Wildman–Crippen MR) is 283 cm³/mol. The number of halogens is 2. The number of aromatic nitrogens is 3. The molecule has 4 aliphatic heterocycles. The number of nitrogens with zero attached hydrogens (tertiary/aromatic N) is 7. The number of nitrogens with one attached hydrogen (secondary N) is 2. The highest BCUT2D eigenvalue weighted by atomic mass is 19.1. The van der Waals surface area contributed by atoms with Gasteiger partial charge in [-0.15, -0.1) is 6.42 Å². The molecule has 0 spiro atoms. The van der Waals surface area contributed by atoms with Crippen LogP contribution >= 0.6 is 0 Å². The first-order valence-corrected chi connectivity index (χ1v) is 25.9. The number of carbonyl (C=O) groups is 4. The van der Waals surface area contributed by atoms with Crippen LogP contribution in [0.5, 0.6) is 11.8 Å². The van der Waals surface area contributed by atoms with E-state index < -0.39 is 17.7 Å². The number of methoxy groups -OCH3 is 1. The van der Waals surface area contributed by atoms with E-state index in [1.54, 1.807) is 36.2 Å². The van der Waals surface area contributed by atoms with Crippen molar-refractivity contribution in [2.45, 2.75) is 104 Å².